The number of benzene rings is 2. The molecule has 21 heavy (non-hydrogen) atoms. The van der Waals surface area contributed by atoms with Crippen LogP contribution >= 0.6 is 28.1 Å². The molecule has 3 rings (SSSR count). The quantitative estimate of drug-likeness (QED) is 0.703. The number of rotatable bonds is 3. The van der Waals surface area contributed by atoms with Crippen molar-refractivity contribution in [2.24, 2.45) is 5.73 Å². The van der Waals surface area contributed by atoms with Crippen molar-refractivity contribution in [1.29, 1.82) is 0 Å². The highest BCUT2D eigenvalue weighted by Gasteiger charge is 2.08. The van der Waals surface area contributed by atoms with Crippen molar-refractivity contribution in [2.45, 2.75) is 0 Å². The van der Waals surface area contributed by atoms with Gasteiger partial charge in [-0.15, -0.1) is 0 Å². The topological polar surface area (TPSA) is 48.1 Å². The number of pyridine rings is 1. The normalized spacial score (nSPS) is 10.5. The van der Waals surface area contributed by atoms with Crippen molar-refractivity contribution < 1.29 is 4.74 Å². The molecule has 0 fully saturated rings. The minimum Gasteiger partial charge on any atom is -0.438 e. The van der Waals surface area contributed by atoms with Gasteiger partial charge < -0.3 is 10.5 Å². The highest BCUT2D eigenvalue weighted by molar-refractivity contribution is 9.10. The summed E-state index contributed by atoms with van der Waals surface area (Å²) in [6.07, 6.45) is 1.62. The molecule has 0 radical (unpaired) electrons. The highest BCUT2D eigenvalue weighted by atomic mass is 79.9. The van der Waals surface area contributed by atoms with Crippen LogP contribution in [-0.4, -0.2) is 9.97 Å². The molecule has 0 bridgehead atoms. The van der Waals surface area contributed by atoms with E-state index in [1.807, 2.05) is 30.3 Å². The molecule has 1 heterocycles. The van der Waals surface area contributed by atoms with Crippen molar-refractivity contribution in [3.8, 4) is 11.6 Å². The first-order valence-corrected chi connectivity index (χ1v) is 7.46. The fourth-order valence-electron chi connectivity index (χ4n) is 2.02. The lowest BCUT2D eigenvalue weighted by atomic mass is 10.1. The minimum atomic E-state index is 0.319. The number of hydrogen-bond acceptors (Lipinski definition) is 3. The van der Waals surface area contributed by atoms with E-state index < -0.39 is 0 Å². The standard InChI is InChI=1S/C16H11BrN2OS/c17-15-12-4-2-1-3-10(12)5-6-13(15)20-14-9-11(16(18)21)7-8-19-14/h1-9H,(H2,18,21). The van der Waals surface area contributed by atoms with E-state index in [1.54, 1.807) is 18.3 Å². The van der Waals surface area contributed by atoms with Crippen molar-refractivity contribution in [3.05, 3.63) is 64.8 Å². The Bertz CT molecular complexity index is 835. The molecule has 104 valence electrons. The predicted octanol–water partition coefficient (Wildman–Crippen LogP) is 4.42. The molecule has 0 saturated heterocycles. The van der Waals surface area contributed by atoms with Crippen LogP contribution < -0.4 is 10.5 Å². The van der Waals surface area contributed by atoms with Crippen LogP contribution in [0.3, 0.4) is 0 Å². The second-order valence-electron chi connectivity index (χ2n) is 4.45. The van der Waals surface area contributed by atoms with Gasteiger partial charge in [-0.3, -0.25) is 0 Å². The molecule has 3 nitrogen and oxygen atoms in total. The van der Waals surface area contributed by atoms with Crippen molar-refractivity contribution in [1.82, 2.24) is 4.98 Å². The molecular formula is C16H11BrN2OS. The molecule has 3 aromatic rings. The first-order chi connectivity index (χ1) is 10.1. The summed E-state index contributed by atoms with van der Waals surface area (Å²) in [5, 5.41) is 2.22. The Morgan fingerprint density at radius 1 is 1.14 bits per heavy atom. The number of nitrogens with two attached hydrogens (primary N) is 1. The third kappa shape index (κ3) is 2.89. The number of thiocarbonyl (C=S) groups is 1. The van der Waals surface area contributed by atoms with Crippen LogP contribution in [0.2, 0.25) is 0 Å². The summed E-state index contributed by atoms with van der Waals surface area (Å²) < 4.78 is 6.73. The number of ether oxygens (including phenoxy) is 1. The molecule has 0 aliphatic heterocycles. The van der Waals surface area contributed by atoms with Crippen LogP contribution in [0.1, 0.15) is 5.56 Å². The summed E-state index contributed by atoms with van der Waals surface area (Å²) in [5.41, 5.74) is 6.35. The van der Waals surface area contributed by atoms with Crippen LogP contribution in [0.15, 0.2) is 59.2 Å². The Hall–Kier alpha value is -1.98. The maximum atomic E-state index is 5.83. The summed E-state index contributed by atoms with van der Waals surface area (Å²) >= 11 is 8.54. The molecule has 1 aromatic heterocycles. The van der Waals surface area contributed by atoms with Gasteiger partial charge in [0.05, 0.1) is 4.47 Å². The van der Waals surface area contributed by atoms with E-state index >= 15 is 0 Å². The molecular weight excluding hydrogens is 348 g/mol. The maximum absolute atomic E-state index is 5.83. The number of halogens is 1. The molecule has 2 N–H and O–H groups in total. The number of aromatic nitrogens is 1. The third-order valence-corrected chi connectivity index (χ3v) is 4.12. The van der Waals surface area contributed by atoms with Crippen LogP contribution in [-0.2, 0) is 0 Å². The van der Waals surface area contributed by atoms with Gasteiger partial charge in [-0.2, -0.15) is 0 Å². The van der Waals surface area contributed by atoms with Gasteiger partial charge in [0.2, 0.25) is 5.88 Å². The minimum absolute atomic E-state index is 0.319. The lowest BCUT2D eigenvalue weighted by Gasteiger charge is -2.10. The molecule has 2 aromatic carbocycles. The zero-order valence-corrected chi connectivity index (χ0v) is 13.3. The average Bonchev–Trinajstić information content (AvgIpc) is 2.51. The van der Waals surface area contributed by atoms with Gasteiger partial charge in [-0.05, 0) is 38.8 Å². The van der Waals surface area contributed by atoms with Crippen LogP contribution in [0, 0.1) is 0 Å². The Kier molecular flexibility index (Phi) is 3.86. The fourth-order valence-corrected chi connectivity index (χ4v) is 2.72. The Morgan fingerprint density at radius 3 is 2.76 bits per heavy atom. The number of fused-ring (bicyclic) bond motifs is 1. The molecule has 0 aliphatic rings. The van der Waals surface area contributed by atoms with Gasteiger partial charge in [-0.25, -0.2) is 4.98 Å². The number of nitrogens with zero attached hydrogens (tertiary/aromatic N) is 1. The smallest absolute Gasteiger partial charge is 0.219 e. The SMILES string of the molecule is NC(=S)c1ccnc(Oc2ccc3ccccc3c2Br)c1. The second-order valence-corrected chi connectivity index (χ2v) is 5.68. The van der Waals surface area contributed by atoms with Crippen LogP contribution in [0.4, 0.5) is 0 Å². The molecule has 0 spiro atoms. The molecule has 5 heteroatoms. The van der Waals surface area contributed by atoms with Gasteiger partial charge in [0.1, 0.15) is 10.7 Å². The second kappa shape index (κ2) is 5.79. The lowest BCUT2D eigenvalue weighted by Crippen LogP contribution is -2.09. The van der Waals surface area contributed by atoms with Gasteiger partial charge in [-0.1, -0.05) is 42.5 Å². The van der Waals surface area contributed by atoms with Gasteiger partial charge in [0, 0.05) is 17.8 Å². The van der Waals surface area contributed by atoms with Crippen LogP contribution in [0.25, 0.3) is 10.8 Å². The van der Waals surface area contributed by atoms with E-state index in [9.17, 15) is 0 Å². The van der Waals surface area contributed by atoms with E-state index in [2.05, 4.69) is 27.0 Å². The van der Waals surface area contributed by atoms with Crippen molar-refractivity contribution in [3.63, 3.8) is 0 Å². The zero-order chi connectivity index (χ0) is 14.8. The van der Waals surface area contributed by atoms with Crippen molar-refractivity contribution >= 4 is 43.9 Å². The van der Waals surface area contributed by atoms with Crippen molar-refractivity contribution in [2.75, 3.05) is 0 Å². The summed E-state index contributed by atoms with van der Waals surface area (Å²) in [4.78, 5) is 4.50. The summed E-state index contributed by atoms with van der Waals surface area (Å²) in [6.45, 7) is 0. The Balaban J connectivity index is 2.00. The molecule has 0 aliphatic carbocycles. The summed E-state index contributed by atoms with van der Waals surface area (Å²) in [7, 11) is 0. The third-order valence-electron chi connectivity index (χ3n) is 3.06. The monoisotopic (exact) mass is 358 g/mol. The average molecular weight is 359 g/mol. The van der Waals surface area contributed by atoms with Gasteiger partial charge in [0.15, 0.2) is 0 Å². The largest absolute Gasteiger partial charge is 0.438 e. The van der Waals surface area contributed by atoms with Crippen LogP contribution in [0.5, 0.6) is 11.6 Å². The van der Waals surface area contributed by atoms with E-state index in [1.165, 1.54) is 0 Å². The summed E-state index contributed by atoms with van der Waals surface area (Å²) in [6, 6.07) is 15.5. The Labute approximate surface area is 135 Å². The Morgan fingerprint density at radius 2 is 1.95 bits per heavy atom. The molecule has 0 atom stereocenters. The molecule has 0 unspecified atom stereocenters. The molecule has 0 amide bonds. The maximum Gasteiger partial charge on any atom is 0.219 e. The molecule has 0 saturated carbocycles. The highest BCUT2D eigenvalue weighted by Crippen LogP contribution is 2.35. The predicted molar refractivity (Wildman–Crippen MR) is 91.8 cm³/mol. The summed E-state index contributed by atoms with van der Waals surface area (Å²) in [5.74, 6) is 1.15. The fraction of sp³-hybridized carbons (Fsp3) is 0. The van der Waals surface area contributed by atoms with E-state index in [-0.39, 0.29) is 0 Å². The van der Waals surface area contributed by atoms with Gasteiger partial charge >= 0.3 is 0 Å². The lowest BCUT2D eigenvalue weighted by molar-refractivity contribution is 0.461. The van der Waals surface area contributed by atoms with E-state index in [0.717, 1.165) is 20.8 Å². The number of hydrogen-bond donors (Lipinski definition) is 1. The zero-order valence-electron chi connectivity index (χ0n) is 10.9. The first-order valence-electron chi connectivity index (χ1n) is 6.26. The van der Waals surface area contributed by atoms with E-state index in [4.69, 9.17) is 22.7 Å². The van der Waals surface area contributed by atoms with E-state index in [0.29, 0.717) is 16.6 Å². The van der Waals surface area contributed by atoms with Gasteiger partial charge in [0.25, 0.3) is 0 Å². The first kappa shape index (κ1) is 14.0.